The summed E-state index contributed by atoms with van der Waals surface area (Å²) in [4.78, 5) is 7.15. The third-order valence-corrected chi connectivity index (χ3v) is 9.01. The Labute approximate surface area is 204 Å². The molecule has 1 fully saturated rings. The molecule has 1 atom stereocenters. The van der Waals surface area contributed by atoms with Gasteiger partial charge in [-0.1, -0.05) is 4.40 Å². The monoisotopic (exact) mass is 531 g/mol. The quantitative estimate of drug-likeness (QED) is 0.434. The fraction of sp³-hybridized carbons (Fsp3) is 0.458. The van der Waals surface area contributed by atoms with Crippen LogP contribution in [-0.2, 0) is 17.8 Å². The van der Waals surface area contributed by atoms with Crippen LogP contribution in [0, 0.1) is 18.2 Å². The van der Waals surface area contributed by atoms with Crippen molar-refractivity contribution < 1.29 is 8.94 Å². The second-order valence-corrected chi connectivity index (χ2v) is 12.6. The first-order chi connectivity index (χ1) is 15.6. The first-order valence-electron chi connectivity index (χ1n) is 11.1. The summed E-state index contributed by atoms with van der Waals surface area (Å²) >= 11 is 2.20. The maximum atomic E-state index is 14.0. The zero-order chi connectivity index (χ0) is 23.5. The van der Waals surface area contributed by atoms with Gasteiger partial charge in [0.25, 0.3) is 0 Å². The lowest BCUT2D eigenvalue weighted by Crippen LogP contribution is -2.44. The summed E-state index contributed by atoms with van der Waals surface area (Å²) in [6, 6.07) is 6.87. The van der Waals surface area contributed by atoms with Crippen molar-refractivity contribution in [2.75, 3.05) is 18.0 Å². The van der Waals surface area contributed by atoms with Gasteiger partial charge in [-0.2, -0.15) is 5.10 Å². The average molecular weight is 532 g/mol. The first kappa shape index (κ1) is 22.8. The van der Waals surface area contributed by atoms with E-state index in [0.717, 1.165) is 70.8 Å². The molecule has 6 nitrogen and oxygen atoms in total. The SMILES string of the molecule is Cc1nc(N2CCC3(CC2)Cc2cc(F)ccc2C3=N[S+]([O-])C(C)(C)C)c2ccnn2c1Br. The Bertz CT molecular complexity index is 1260. The molecule has 2 aromatic heterocycles. The summed E-state index contributed by atoms with van der Waals surface area (Å²) in [6.45, 7) is 9.33. The van der Waals surface area contributed by atoms with Crippen LogP contribution in [0.5, 0.6) is 0 Å². The van der Waals surface area contributed by atoms with E-state index in [4.69, 9.17) is 9.38 Å². The number of piperidine rings is 1. The zero-order valence-electron chi connectivity index (χ0n) is 19.2. The number of rotatable bonds is 2. The molecule has 33 heavy (non-hydrogen) atoms. The molecule has 0 bridgehead atoms. The Hall–Kier alpha value is -1.97. The van der Waals surface area contributed by atoms with Crippen molar-refractivity contribution in [1.29, 1.82) is 0 Å². The second kappa shape index (κ2) is 8.06. The van der Waals surface area contributed by atoms with Crippen LogP contribution in [0.15, 0.2) is 39.5 Å². The number of halogens is 2. The predicted octanol–water partition coefficient (Wildman–Crippen LogP) is 5.03. The summed E-state index contributed by atoms with van der Waals surface area (Å²) in [6.07, 6.45) is 4.18. The fourth-order valence-corrected chi connectivity index (χ4v) is 5.98. The summed E-state index contributed by atoms with van der Waals surface area (Å²) in [5, 5.41) is 4.42. The highest BCUT2D eigenvalue weighted by atomic mass is 79.9. The molecule has 1 aromatic carbocycles. The van der Waals surface area contributed by atoms with Crippen LogP contribution in [0.3, 0.4) is 0 Å². The topological polar surface area (TPSA) is 68.8 Å². The standard InChI is InChI=1S/C24H27BrFN5OS/c1-15-21(25)31-19(7-10-27-31)22(28-15)30-11-8-24(9-12-30)14-16-13-17(26)5-6-18(16)20(24)29-33(32)23(2,3)4/h5-7,10,13H,8-9,11-12,14H2,1-4H3. The molecule has 1 spiro atoms. The molecule has 0 radical (unpaired) electrons. The Morgan fingerprint density at radius 1 is 1.21 bits per heavy atom. The van der Waals surface area contributed by atoms with Gasteiger partial charge in [0.05, 0.1) is 11.9 Å². The number of hydrogen-bond donors (Lipinski definition) is 0. The molecule has 1 aliphatic heterocycles. The van der Waals surface area contributed by atoms with Gasteiger partial charge >= 0.3 is 0 Å². The molecule has 2 aliphatic rings. The molecule has 1 saturated heterocycles. The Morgan fingerprint density at radius 2 is 1.94 bits per heavy atom. The van der Waals surface area contributed by atoms with Gasteiger partial charge in [-0.3, -0.25) is 0 Å². The third kappa shape index (κ3) is 3.88. The Kier molecular flexibility index (Phi) is 5.57. The summed E-state index contributed by atoms with van der Waals surface area (Å²) in [5.74, 6) is 0.679. The normalized spacial score (nSPS) is 20.1. The van der Waals surface area contributed by atoms with E-state index < -0.39 is 16.1 Å². The number of aromatic nitrogens is 3. The fourth-order valence-electron chi connectivity index (χ4n) is 4.88. The number of anilines is 1. The van der Waals surface area contributed by atoms with Gasteiger partial charge in [0.2, 0.25) is 0 Å². The van der Waals surface area contributed by atoms with E-state index in [1.54, 1.807) is 18.3 Å². The molecular weight excluding hydrogens is 505 g/mol. The summed E-state index contributed by atoms with van der Waals surface area (Å²) in [7, 11) is 0. The zero-order valence-corrected chi connectivity index (χ0v) is 21.6. The number of aryl methyl sites for hydroxylation is 1. The van der Waals surface area contributed by atoms with Crippen LogP contribution in [-0.4, -0.2) is 42.7 Å². The van der Waals surface area contributed by atoms with Crippen LogP contribution in [0.4, 0.5) is 10.2 Å². The van der Waals surface area contributed by atoms with Gasteiger partial charge in [0.15, 0.2) is 5.82 Å². The number of hydrogen-bond acceptors (Lipinski definition) is 5. The number of nitrogens with zero attached hydrogens (tertiary/aromatic N) is 5. The van der Waals surface area contributed by atoms with E-state index >= 15 is 0 Å². The first-order valence-corrected chi connectivity index (χ1v) is 13.0. The van der Waals surface area contributed by atoms with E-state index in [1.165, 1.54) is 6.07 Å². The molecule has 3 aromatic rings. The highest BCUT2D eigenvalue weighted by molar-refractivity contribution is 9.10. The smallest absolute Gasteiger partial charge is 0.155 e. The summed E-state index contributed by atoms with van der Waals surface area (Å²) in [5.41, 5.74) is 4.38. The van der Waals surface area contributed by atoms with E-state index in [0.29, 0.717) is 0 Å². The predicted molar refractivity (Wildman–Crippen MR) is 134 cm³/mol. The lowest BCUT2D eigenvalue weighted by molar-refractivity contribution is 0.330. The molecule has 5 rings (SSSR count). The van der Waals surface area contributed by atoms with Gasteiger partial charge in [0, 0.05) is 24.1 Å². The Balaban J connectivity index is 1.50. The molecule has 0 N–H and O–H groups in total. The molecule has 0 saturated carbocycles. The minimum absolute atomic E-state index is 0.239. The van der Waals surface area contributed by atoms with Gasteiger partial charge in [-0.25, -0.2) is 13.9 Å². The molecule has 174 valence electrons. The van der Waals surface area contributed by atoms with Gasteiger partial charge < -0.3 is 9.45 Å². The maximum absolute atomic E-state index is 14.0. The number of fused-ring (bicyclic) bond motifs is 2. The highest BCUT2D eigenvalue weighted by Gasteiger charge is 2.48. The van der Waals surface area contributed by atoms with E-state index in [2.05, 4.69) is 25.9 Å². The van der Waals surface area contributed by atoms with Crippen molar-refractivity contribution in [3.8, 4) is 0 Å². The third-order valence-electron chi connectivity index (χ3n) is 6.70. The number of benzene rings is 1. The second-order valence-electron chi connectivity index (χ2n) is 9.99. The summed E-state index contributed by atoms with van der Waals surface area (Å²) < 4.78 is 34.1. The molecule has 3 heterocycles. The lowest BCUT2D eigenvalue weighted by Gasteiger charge is -2.40. The Morgan fingerprint density at radius 3 is 2.64 bits per heavy atom. The van der Waals surface area contributed by atoms with Crippen molar-refractivity contribution >= 4 is 44.3 Å². The van der Waals surface area contributed by atoms with Gasteiger partial charge in [-0.05, 0) is 92.7 Å². The molecular formula is C24H27BrFN5OS. The largest absolute Gasteiger partial charge is 0.591 e. The van der Waals surface area contributed by atoms with Crippen molar-refractivity contribution in [1.82, 2.24) is 14.6 Å². The van der Waals surface area contributed by atoms with Crippen molar-refractivity contribution in [3.05, 3.63) is 57.7 Å². The van der Waals surface area contributed by atoms with Gasteiger partial charge in [-0.15, -0.1) is 0 Å². The highest BCUT2D eigenvalue weighted by Crippen LogP contribution is 2.47. The van der Waals surface area contributed by atoms with E-state index in [9.17, 15) is 8.94 Å². The van der Waals surface area contributed by atoms with Crippen molar-refractivity contribution in [2.24, 2.45) is 9.81 Å². The molecule has 0 amide bonds. The van der Waals surface area contributed by atoms with Crippen molar-refractivity contribution in [2.45, 2.75) is 51.7 Å². The van der Waals surface area contributed by atoms with Crippen LogP contribution >= 0.6 is 15.9 Å². The minimum atomic E-state index is -1.38. The maximum Gasteiger partial charge on any atom is 0.155 e. The average Bonchev–Trinajstić information content (AvgIpc) is 3.35. The van der Waals surface area contributed by atoms with E-state index in [1.807, 2.05) is 38.3 Å². The van der Waals surface area contributed by atoms with Crippen molar-refractivity contribution in [3.63, 3.8) is 0 Å². The molecule has 1 aliphatic carbocycles. The molecule has 1 unspecified atom stereocenters. The van der Waals surface area contributed by atoms with Crippen LogP contribution < -0.4 is 4.90 Å². The lowest BCUT2D eigenvalue weighted by atomic mass is 9.74. The van der Waals surface area contributed by atoms with E-state index in [-0.39, 0.29) is 11.2 Å². The van der Waals surface area contributed by atoms with Crippen LogP contribution in [0.1, 0.15) is 50.4 Å². The van der Waals surface area contributed by atoms with Crippen LogP contribution in [0.25, 0.3) is 5.52 Å². The van der Waals surface area contributed by atoms with Crippen LogP contribution in [0.2, 0.25) is 0 Å². The minimum Gasteiger partial charge on any atom is -0.591 e. The molecule has 9 heteroatoms. The van der Waals surface area contributed by atoms with Gasteiger partial charge in [0.1, 0.15) is 37.8 Å².